The van der Waals surface area contributed by atoms with Crippen LogP contribution in [0.1, 0.15) is 43.2 Å². The third-order valence-corrected chi connectivity index (χ3v) is 3.90. The van der Waals surface area contributed by atoms with Crippen molar-refractivity contribution in [2.75, 3.05) is 0 Å². The van der Waals surface area contributed by atoms with E-state index in [9.17, 15) is 14.9 Å². The molecule has 134 valence electrons. The van der Waals surface area contributed by atoms with Crippen molar-refractivity contribution >= 4 is 11.6 Å². The maximum absolute atomic E-state index is 12.4. The van der Waals surface area contributed by atoms with E-state index in [1.165, 1.54) is 16.8 Å². The topological polar surface area (TPSA) is 99.3 Å². The number of nitrogens with one attached hydrogen (secondary N) is 1. The molecule has 25 heavy (non-hydrogen) atoms. The molecule has 1 heterocycles. The lowest BCUT2D eigenvalue weighted by Crippen LogP contribution is -2.32. The Labute approximate surface area is 145 Å². The van der Waals surface area contributed by atoms with Gasteiger partial charge in [-0.1, -0.05) is 19.1 Å². The first kappa shape index (κ1) is 18.4. The van der Waals surface area contributed by atoms with Gasteiger partial charge in [-0.15, -0.1) is 0 Å². The maximum Gasteiger partial charge on any atom is 0.311 e. The summed E-state index contributed by atoms with van der Waals surface area (Å²) in [7, 11) is 0. The van der Waals surface area contributed by atoms with E-state index in [0.717, 1.165) is 6.42 Å². The minimum atomic E-state index is -0.506. The molecule has 0 bridgehead atoms. The van der Waals surface area contributed by atoms with E-state index >= 15 is 0 Å². The summed E-state index contributed by atoms with van der Waals surface area (Å²) in [6.07, 6.45) is 0.804. The first-order valence-electron chi connectivity index (χ1n) is 8.18. The molecule has 0 aliphatic heterocycles. The van der Waals surface area contributed by atoms with E-state index in [0.29, 0.717) is 18.0 Å². The van der Waals surface area contributed by atoms with Crippen LogP contribution < -0.4 is 10.1 Å². The van der Waals surface area contributed by atoms with Gasteiger partial charge in [0.15, 0.2) is 5.69 Å². The molecule has 8 nitrogen and oxygen atoms in total. The molecular weight excluding hydrogens is 324 g/mol. The van der Waals surface area contributed by atoms with Crippen LogP contribution in [0, 0.1) is 17.0 Å². The average Bonchev–Trinajstić information content (AvgIpc) is 2.91. The van der Waals surface area contributed by atoms with Crippen LogP contribution in [-0.2, 0) is 6.54 Å². The first-order valence-corrected chi connectivity index (χ1v) is 8.18. The Kier molecular flexibility index (Phi) is 5.74. The van der Waals surface area contributed by atoms with Crippen LogP contribution in [0.4, 0.5) is 5.69 Å². The monoisotopic (exact) mass is 346 g/mol. The van der Waals surface area contributed by atoms with Gasteiger partial charge in [0.05, 0.1) is 4.92 Å². The van der Waals surface area contributed by atoms with Gasteiger partial charge in [0, 0.05) is 24.2 Å². The summed E-state index contributed by atoms with van der Waals surface area (Å²) in [5.41, 5.74) is 0.660. The number of ether oxygens (including phenoxy) is 1. The molecule has 2 aromatic rings. The number of carbonyl (C=O) groups excluding carboxylic acids is 1. The van der Waals surface area contributed by atoms with E-state index in [1.54, 1.807) is 19.1 Å². The lowest BCUT2D eigenvalue weighted by molar-refractivity contribution is -0.385. The molecule has 0 aliphatic rings. The molecule has 0 unspecified atom stereocenters. The van der Waals surface area contributed by atoms with Crippen LogP contribution in [0.2, 0.25) is 0 Å². The van der Waals surface area contributed by atoms with Gasteiger partial charge >= 0.3 is 5.69 Å². The molecule has 0 spiro atoms. The van der Waals surface area contributed by atoms with Crippen molar-refractivity contribution in [1.82, 2.24) is 15.1 Å². The van der Waals surface area contributed by atoms with Crippen LogP contribution in [-0.4, -0.2) is 26.7 Å². The van der Waals surface area contributed by atoms with Crippen molar-refractivity contribution in [1.29, 1.82) is 0 Å². The standard InChI is InChI=1S/C17H22N4O4/c1-5-11(3)18-16(22)15-12(4)17(20(6-2)19-15)25-14-10-8-7-9-13(14)21(23)24/h7-11H,5-6H2,1-4H3,(H,18,22)/t11-/m0/s1. The van der Waals surface area contributed by atoms with Crippen molar-refractivity contribution in [3.63, 3.8) is 0 Å². The zero-order valence-electron chi connectivity index (χ0n) is 14.8. The molecule has 1 N–H and O–H groups in total. The highest BCUT2D eigenvalue weighted by atomic mass is 16.6. The number of para-hydroxylation sites is 2. The van der Waals surface area contributed by atoms with Gasteiger partial charge in [-0.05, 0) is 33.3 Å². The number of amides is 1. The molecule has 0 saturated heterocycles. The third kappa shape index (κ3) is 3.96. The van der Waals surface area contributed by atoms with E-state index in [2.05, 4.69) is 10.4 Å². The molecule has 1 amide bonds. The van der Waals surface area contributed by atoms with Gasteiger partial charge in [0.1, 0.15) is 0 Å². The molecule has 8 heteroatoms. The van der Waals surface area contributed by atoms with Crippen LogP contribution in [0.3, 0.4) is 0 Å². The highest BCUT2D eigenvalue weighted by Gasteiger charge is 2.24. The van der Waals surface area contributed by atoms with E-state index in [-0.39, 0.29) is 29.1 Å². The van der Waals surface area contributed by atoms with E-state index in [1.807, 2.05) is 20.8 Å². The van der Waals surface area contributed by atoms with Crippen LogP contribution in [0.25, 0.3) is 0 Å². The second-order valence-corrected chi connectivity index (χ2v) is 5.70. The Morgan fingerprint density at radius 3 is 2.68 bits per heavy atom. The van der Waals surface area contributed by atoms with Gasteiger partial charge < -0.3 is 10.1 Å². The van der Waals surface area contributed by atoms with E-state index in [4.69, 9.17) is 4.74 Å². The van der Waals surface area contributed by atoms with Gasteiger partial charge in [-0.3, -0.25) is 14.9 Å². The molecule has 1 atom stereocenters. The third-order valence-electron chi connectivity index (χ3n) is 3.90. The van der Waals surface area contributed by atoms with E-state index < -0.39 is 4.92 Å². The smallest absolute Gasteiger partial charge is 0.311 e. The SMILES string of the molecule is CC[C@H](C)NC(=O)c1nn(CC)c(Oc2ccccc2[N+](=O)[O-])c1C. The second kappa shape index (κ2) is 7.78. The first-order chi connectivity index (χ1) is 11.9. The number of aromatic nitrogens is 2. The zero-order chi connectivity index (χ0) is 18.6. The highest BCUT2D eigenvalue weighted by molar-refractivity contribution is 5.94. The fraction of sp³-hybridized carbons (Fsp3) is 0.412. The Morgan fingerprint density at radius 2 is 2.08 bits per heavy atom. The summed E-state index contributed by atoms with van der Waals surface area (Å²) in [6.45, 7) is 7.93. The zero-order valence-corrected chi connectivity index (χ0v) is 14.8. The molecule has 0 fully saturated rings. The maximum atomic E-state index is 12.4. The minimum Gasteiger partial charge on any atom is -0.432 e. The average molecular weight is 346 g/mol. The molecule has 0 aliphatic carbocycles. The number of hydrogen-bond donors (Lipinski definition) is 1. The summed E-state index contributed by atoms with van der Waals surface area (Å²) in [6, 6.07) is 6.14. The number of benzene rings is 1. The summed E-state index contributed by atoms with van der Waals surface area (Å²) in [5.74, 6) is 0.150. The Balaban J connectivity index is 2.39. The molecule has 0 saturated carbocycles. The summed E-state index contributed by atoms with van der Waals surface area (Å²) in [4.78, 5) is 23.0. The van der Waals surface area contributed by atoms with Crippen molar-refractivity contribution in [3.05, 3.63) is 45.6 Å². The number of rotatable bonds is 7. The van der Waals surface area contributed by atoms with Gasteiger partial charge in [-0.2, -0.15) is 5.10 Å². The summed E-state index contributed by atoms with van der Waals surface area (Å²) < 4.78 is 7.29. The van der Waals surface area contributed by atoms with Gasteiger partial charge in [-0.25, -0.2) is 4.68 Å². The number of nitro benzene ring substituents is 1. The number of hydrogen-bond acceptors (Lipinski definition) is 5. The minimum absolute atomic E-state index is 0.0262. The number of nitro groups is 1. The van der Waals surface area contributed by atoms with Crippen molar-refractivity contribution in [3.8, 4) is 11.6 Å². The predicted molar refractivity (Wildman–Crippen MR) is 93.0 cm³/mol. The Hall–Kier alpha value is -2.90. The molecular formula is C17H22N4O4. The number of nitrogens with zero attached hydrogens (tertiary/aromatic N) is 3. The largest absolute Gasteiger partial charge is 0.432 e. The van der Waals surface area contributed by atoms with Crippen LogP contribution in [0.5, 0.6) is 11.6 Å². The summed E-state index contributed by atoms with van der Waals surface area (Å²) in [5, 5.41) is 18.3. The lowest BCUT2D eigenvalue weighted by atomic mass is 10.2. The normalized spacial score (nSPS) is 11.8. The Morgan fingerprint density at radius 1 is 1.40 bits per heavy atom. The van der Waals surface area contributed by atoms with Crippen LogP contribution >= 0.6 is 0 Å². The predicted octanol–water partition coefficient (Wildman–Crippen LogP) is 3.44. The fourth-order valence-corrected chi connectivity index (χ4v) is 2.29. The van der Waals surface area contributed by atoms with Crippen molar-refractivity contribution in [2.24, 2.45) is 0 Å². The summed E-state index contributed by atoms with van der Waals surface area (Å²) >= 11 is 0. The molecule has 1 aromatic carbocycles. The number of carbonyl (C=O) groups is 1. The molecule has 2 rings (SSSR count). The van der Waals surface area contributed by atoms with Gasteiger partial charge in [0.25, 0.3) is 5.91 Å². The second-order valence-electron chi connectivity index (χ2n) is 5.70. The molecule has 1 aromatic heterocycles. The van der Waals surface area contributed by atoms with Gasteiger partial charge in [0.2, 0.25) is 11.6 Å². The lowest BCUT2D eigenvalue weighted by Gasteiger charge is -2.10. The highest BCUT2D eigenvalue weighted by Crippen LogP contribution is 2.33. The molecule has 0 radical (unpaired) electrons. The van der Waals surface area contributed by atoms with Crippen molar-refractivity contribution in [2.45, 2.75) is 46.7 Å². The Bertz CT molecular complexity index is 785. The van der Waals surface area contributed by atoms with Crippen molar-refractivity contribution < 1.29 is 14.5 Å². The number of aryl methyl sites for hydroxylation is 1. The fourth-order valence-electron chi connectivity index (χ4n) is 2.29. The van der Waals surface area contributed by atoms with Crippen LogP contribution in [0.15, 0.2) is 24.3 Å². The quantitative estimate of drug-likeness (QED) is 0.611.